The Morgan fingerprint density at radius 2 is 1.76 bits per heavy atom. The van der Waals surface area contributed by atoms with Gasteiger partial charge in [0, 0.05) is 17.3 Å². The van der Waals surface area contributed by atoms with E-state index < -0.39 is 11.8 Å². The largest absolute Gasteiger partial charge is 0.364 e. The smallest absolute Gasteiger partial charge is 0.270 e. The predicted molar refractivity (Wildman–Crippen MR) is 143 cm³/mol. The Hall–Kier alpha value is -2.99. The van der Waals surface area contributed by atoms with E-state index in [-0.39, 0.29) is 16.2 Å². The number of nitrogens with zero attached hydrogens (tertiary/aromatic N) is 2. The molecule has 6 heteroatoms. The number of nitrogens with one attached hydrogen (secondary N) is 1. The van der Waals surface area contributed by atoms with Gasteiger partial charge in [0.15, 0.2) is 5.11 Å². The third kappa shape index (κ3) is 4.16. The second-order valence-corrected chi connectivity index (χ2v) is 10.8. The van der Waals surface area contributed by atoms with Crippen LogP contribution in [0.5, 0.6) is 0 Å². The highest BCUT2D eigenvalue weighted by atomic mass is 32.1. The number of carbonyl (C=O) groups is 2. The number of anilines is 2. The maximum atomic E-state index is 13.4. The van der Waals surface area contributed by atoms with Crippen LogP contribution in [-0.4, -0.2) is 28.5 Å². The van der Waals surface area contributed by atoms with Gasteiger partial charge in [-0.3, -0.25) is 19.8 Å². The maximum Gasteiger partial charge on any atom is 0.270 e. The minimum Gasteiger partial charge on any atom is -0.364 e. The summed E-state index contributed by atoms with van der Waals surface area (Å²) >= 11 is 5.33. The van der Waals surface area contributed by atoms with Crippen molar-refractivity contribution in [3.8, 4) is 0 Å². The molecule has 0 bridgehead atoms. The van der Waals surface area contributed by atoms with E-state index in [0.717, 1.165) is 23.1 Å². The average molecular weight is 476 g/mol. The second-order valence-electron chi connectivity index (χ2n) is 10.4. The van der Waals surface area contributed by atoms with Gasteiger partial charge in [-0.05, 0) is 113 Å². The number of thiocarbonyl (C=S) groups is 1. The number of fused-ring (bicyclic) bond motifs is 1. The Morgan fingerprint density at radius 3 is 2.38 bits per heavy atom. The van der Waals surface area contributed by atoms with E-state index >= 15 is 0 Å². The number of aryl methyl sites for hydroxylation is 2. The van der Waals surface area contributed by atoms with E-state index in [1.807, 2.05) is 38.1 Å². The van der Waals surface area contributed by atoms with Crippen molar-refractivity contribution in [1.29, 1.82) is 0 Å². The molecular weight excluding hydrogens is 442 g/mol. The summed E-state index contributed by atoms with van der Waals surface area (Å²) < 4.78 is 0. The minimum absolute atomic E-state index is 0.0520. The van der Waals surface area contributed by atoms with E-state index in [1.165, 1.54) is 16.2 Å². The summed E-state index contributed by atoms with van der Waals surface area (Å²) in [6.07, 6.45) is 2.74. The highest BCUT2D eigenvalue weighted by Gasteiger charge is 2.38. The first kappa shape index (κ1) is 24.1. The molecule has 2 aliphatic heterocycles. The lowest BCUT2D eigenvalue weighted by Gasteiger charge is -2.50. The lowest BCUT2D eigenvalue weighted by Crippen LogP contribution is -2.54. The Morgan fingerprint density at radius 1 is 1.12 bits per heavy atom. The van der Waals surface area contributed by atoms with Crippen LogP contribution in [0.1, 0.15) is 69.2 Å². The van der Waals surface area contributed by atoms with Gasteiger partial charge in [0.05, 0.1) is 5.69 Å². The average Bonchev–Trinajstić information content (AvgIpc) is 2.72. The summed E-state index contributed by atoms with van der Waals surface area (Å²) in [5.41, 5.74) is 6.24. The molecule has 178 valence electrons. The maximum absolute atomic E-state index is 13.4. The van der Waals surface area contributed by atoms with Gasteiger partial charge >= 0.3 is 0 Å². The number of hydrogen-bond donors (Lipinski definition) is 1. The minimum atomic E-state index is -0.464. The molecule has 0 spiro atoms. The molecule has 1 fully saturated rings. The van der Waals surface area contributed by atoms with E-state index in [1.54, 1.807) is 6.08 Å². The van der Waals surface area contributed by atoms with Crippen LogP contribution >= 0.6 is 12.2 Å². The van der Waals surface area contributed by atoms with Crippen molar-refractivity contribution in [1.82, 2.24) is 5.32 Å². The number of rotatable bonds is 3. The fourth-order valence-electron chi connectivity index (χ4n) is 5.49. The van der Waals surface area contributed by atoms with Crippen molar-refractivity contribution < 1.29 is 9.59 Å². The molecule has 1 atom stereocenters. The highest BCUT2D eigenvalue weighted by Crippen LogP contribution is 2.45. The van der Waals surface area contributed by atoms with Gasteiger partial charge < -0.3 is 4.90 Å². The number of hydrogen-bond acceptors (Lipinski definition) is 4. The fourth-order valence-corrected chi connectivity index (χ4v) is 5.77. The fraction of sp³-hybridized carbons (Fsp3) is 0.393. The molecule has 5 nitrogen and oxygen atoms in total. The van der Waals surface area contributed by atoms with Gasteiger partial charge in [-0.15, -0.1) is 0 Å². The van der Waals surface area contributed by atoms with Crippen LogP contribution in [0.2, 0.25) is 0 Å². The summed E-state index contributed by atoms with van der Waals surface area (Å²) in [5, 5.41) is 2.79. The third-order valence-corrected chi connectivity index (χ3v) is 7.16. The second kappa shape index (κ2) is 8.66. The van der Waals surface area contributed by atoms with Gasteiger partial charge in [-0.25, -0.2) is 0 Å². The van der Waals surface area contributed by atoms with Gasteiger partial charge in [0.2, 0.25) is 0 Å². The van der Waals surface area contributed by atoms with E-state index in [9.17, 15) is 9.59 Å². The Bertz CT molecular complexity index is 1210. The zero-order valence-corrected chi connectivity index (χ0v) is 21.8. The monoisotopic (exact) mass is 475 g/mol. The molecule has 2 amide bonds. The van der Waals surface area contributed by atoms with Crippen LogP contribution < -0.4 is 15.1 Å². The molecule has 2 aliphatic rings. The molecule has 2 aromatic rings. The summed E-state index contributed by atoms with van der Waals surface area (Å²) in [6, 6.07) is 12.2. The Kier molecular flexibility index (Phi) is 6.15. The summed E-state index contributed by atoms with van der Waals surface area (Å²) in [5.74, 6) is -0.508. The van der Waals surface area contributed by atoms with Crippen molar-refractivity contribution in [2.45, 2.75) is 72.4 Å². The zero-order valence-electron chi connectivity index (χ0n) is 21.0. The first-order valence-electron chi connectivity index (χ1n) is 11.8. The summed E-state index contributed by atoms with van der Waals surface area (Å²) in [4.78, 5) is 30.1. The van der Waals surface area contributed by atoms with Crippen molar-refractivity contribution in [3.63, 3.8) is 0 Å². The zero-order chi connectivity index (χ0) is 24.9. The molecule has 0 aromatic heterocycles. The van der Waals surface area contributed by atoms with Crippen LogP contribution in [0.25, 0.3) is 6.08 Å². The van der Waals surface area contributed by atoms with Crippen LogP contribution in [0.4, 0.5) is 11.4 Å². The first-order valence-corrected chi connectivity index (χ1v) is 12.2. The summed E-state index contributed by atoms with van der Waals surface area (Å²) in [7, 11) is 0. The first-order chi connectivity index (χ1) is 15.9. The number of amides is 2. The van der Waals surface area contributed by atoms with E-state index in [2.05, 4.69) is 57.0 Å². The molecule has 0 aliphatic carbocycles. The molecule has 4 rings (SSSR count). The van der Waals surface area contributed by atoms with Gasteiger partial charge in [-0.2, -0.15) is 0 Å². The van der Waals surface area contributed by atoms with Crippen LogP contribution in [0, 0.1) is 13.8 Å². The van der Waals surface area contributed by atoms with Crippen molar-refractivity contribution in [2.75, 3.05) is 9.80 Å². The standard InChI is InChI=1S/C28H33N3O2S/c1-16(2)31-24-12-18(4)20(13-22(24)19(5)15-28(31,6)7)14-23-25(32)29-27(34)30(26(23)33)21-10-8-17(3)9-11-21/h8-14,16,19H,15H2,1-7H3,(H,29,32,34)/b23-14+/t19-/m1/s1. The van der Waals surface area contributed by atoms with E-state index in [0.29, 0.717) is 17.6 Å². The van der Waals surface area contributed by atoms with Crippen LogP contribution in [0.3, 0.4) is 0 Å². The molecule has 1 N–H and O–H groups in total. The van der Waals surface area contributed by atoms with Gasteiger partial charge in [0.25, 0.3) is 11.8 Å². The normalized spacial score (nSPS) is 21.2. The molecule has 34 heavy (non-hydrogen) atoms. The third-order valence-electron chi connectivity index (χ3n) is 6.87. The Labute approximate surface area is 207 Å². The molecule has 0 saturated carbocycles. The molecule has 0 radical (unpaired) electrons. The lowest BCUT2D eigenvalue weighted by molar-refractivity contribution is -0.122. The number of benzene rings is 2. The summed E-state index contributed by atoms with van der Waals surface area (Å²) in [6.45, 7) is 15.3. The molecule has 2 heterocycles. The van der Waals surface area contributed by atoms with Crippen molar-refractivity contribution in [3.05, 3.63) is 64.2 Å². The highest BCUT2D eigenvalue weighted by molar-refractivity contribution is 7.80. The molecule has 1 saturated heterocycles. The molecule has 2 aromatic carbocycles. The lowest BCUT2D eigenvalue weighted by atomic mass is 9.78. The van der Waals surface area contributed by atoms with Crippen LogP contribution in [-0.2, 0) is 9.59 Å². The van der Waals surface area contributed by atoms with Gasteiger partial charge in [0.1, 0.15) is 5.57 Å². The van der Waals surface area contributed by atoms with Crippen molar-refractivity contribution in [2.24, 2.45) is 0 Å². The van der Waals surface area contributed by atoms with Gasteiger partial charge in [-0.1, -0.05) is 24.6 Å². The SMILES string of the molecule is Cc1ccc(N2C(=O)/C(=C/c3cc4c(cc3C)N(C(C)C)C(C)(C)C[C@H]4C)C(=O)NC2=S)cc1. The molecular formula is C28H33N3O2S. The van der Waals surface area contributed by atoms with Crippen molar-refractivity contribution >= 4 is 46.6 Å². The van der Waals surface area contributed by atoms with Crippen LogP contribution in [0.15, 0.2) is 42.0 Å². The molecule has 0 unspecified atom stereocenters. The Balaban J connectivity index is 1.78. The van der Waals surface area contributed by atoms with E-state index in [4.69, 9.17) is 12.2 Å². The number of carbonyl (C=O) groups excluding carboxylic acids is 2. The topological polar surface area (TPSA) is 52.7 Å². The predicted octanol–water partition coefficient (Wildman–Crippen LogP) is 5.64. The quantitative estimate of drug-likeness (QED) is 0.355.